The Kier molecular flexibility index (Phi) is 7.00. The van der Waals surface area contributed by atoms with Crippen LogP contribution in [0.4, 0.5) is 4.79 Å². The number of fused-ring (bicyclic) bond motifs is 1. The average Bonchev–Trinajstić information content (AvgIpc) is 3.19. The van der Waals surface area contributed by atoms with Crippen molar-refractivity contribution in [1.29, 1.82) is 0 Å². The molecule has 0 bridgehead atoms. The maximum absolute atomic E-state index is 13.3. The molecule has 4 unspecified atom stereocenters. The second kappa shape index (κ2) is 9.35. The fourth-order valence-electron chi connectivity index (χ4n) is 4.67. The SMILES string of the molecule is CCCCN1C(=O)C2C(c3ccc(Br)cc3)NC(CCCNC(N)=O)(C(=O)O)C2C1=O. The smallest absolute Gasteiger partial charge is 0.324 e. The Balaban J connectivity index is 1.99. The van der Waals surface area contributed by atoms with Crippen molar-refractivity contribution in [1.82, 2.24) is 15.5 Å². The first-order valence-corrected chi connectivity index (χ1v) is 11.2. The number of primary amides is 1. The third kappa shape index (κ3) is 4.31. The standard InChI is InChI=1S/C21H27BrN4O5/c1-2-3-11-26-17(27)14-15(18(26)28)21(19(29)30,9-4-10-24-20(23)31)25-16(14)12-5-7-13(22)8-6-12/h5-8,14-16,25H,2-4,9-11H2,1H3,(H,29,30)(H3,23,24,31). The zero-order valence-electron chi connectivity index (χ0n) is 17.3. The second-order valence-corrected chi connectivity index (χ2v) is 8.95. The summed E-state index contributed by atoms with van der Waals surface area (Å²) in [7, 11) is 0. The van der Waals surface area contributed by atoms with Gasteiger partial charge in [-0.3, -0.25) is 24.6 Å². The highest BCUT2D eigenvalue weighted by atomic mass is 79.9. The minimum absolute atomic E-state index is 0.0669. The van der Waals surface area contributed by atoms with Gasteiger partial charge in [0.05, 0.1) is 11.8 Å². The molecule has 4 atom stereocenters. The summed E-state index contributed by atoms with van der Waals surface area (Å²) in [6.07, 6.45) is 1.83. The van der Waals surface area contributed by atoms with Gasteiger partial charge in [0.2, 0.25) is 11.8 Å². The van der Waals surface area contributed by atoms with E-state index in [0.717, 1.165) is 16.5 Å². The number of hydrogen-bond donors (Lipinski definition) is 4. The lowest BCUT2D eigenvalue weighted by Gasteiger charge is -2.31. The number of carbonyl (C=O) groups is 4. The Morgan fingerprint density at radius 3 is 2.48 bits per heavy atom. The number of carboxylic acid groups (broad SMARTS) is 1. The Hall–Kier alpha value is -2.46. The van der Waals surface area contributed by atoms with Crippen molar-refractivity contribution in [2.75, 3.05) is 13.1 Å². The number of nitrogens with zero attached hydrogens (tertiary/aromatic N) is 1. The predicted octanol–water partition coefficient (Wildman–Crippen LogP) is 1.77. The summed E-state index contributed by atoms with van der Waals surface area (Å²) in [5.41, 5.74) is 4.22. The van der Waals surface area contributed by atoms with Crippen LogP contribution in [0.1, 0.15) is 44.2 Å². The largest absolute Gasteiger partial charge is 0.480 e. The topological polar surface area (TPSA) is 142 Å². The van der Waals surface area contributed by atoms with E-state index in [2.05, 4.69) is 26.6 Å². The summed E-state index contributed by atoms with van der Waals surface area (Å²) >= 11 is 3.38. The molecule has 2 heterocycles. The zero-order valence-corrected chi connectivity index (χ0v) is 18.9. The van der Waals surface area contributed by atoms with Gasteiger partial charge in [-0.1, -0.05) is 41.4 Å². The lowest BCUT2D eigenvalue weighted by molar-refractivity contribution is -0.151. The van der Waals surface area contributed by atoms with Gasteiger partial charge in [0.25, 0.3) is 0 Å². The fourth-order valence-corrected chi connectivity index (χ4v) is 4.93. The molecule has 0 aromatic heterocycles. The quantitative estimate of drug-likeness (QED) is 0.304. The predicted molar refractivity (Wildman–Crippen MR) is 116 cm³/mol. The normalized spacial score (nSPS) is 27.4. The molecule has 3 rings (SSSR count). The molecule has 168 valence electrons. The first kappa shape index (κ1) is 23.2. The minimum atomic E-state index is -1.62. The molecule has 1 aromatic carbocycles. The molecule has 0 saturated carbocycles. The molecule has 1 aromatic rings. The van der Waals surface area contributed by atoms with Gasteiger partial charge >= 0.3 is 12.0 Å². The van der Waals surface area contributed by atoms with E-state index < -0.39 is 41.3 Å². The molecule has 31 heavy (non-hydrogen) atoms. The number of nitrogens with two attached hydrogens (primary N) is 1. The van der Waals surface area contributed by atoms with Crippen molar-refractivity contribution < 1.29 is 24.3 Å². The van der Waals surface area contributed by atoms with Gasteiger partial charge in [0, 0.05) is 23.6 Å². The number of imide groups is 1. The van der Waals surface area contributed by atoms with Gasteiger partial charge in [-0.2, -0.15) is 0 Å². The van der Waals surface area contributed by atoms with Crippen molar-refractivity contribution in [2.45, 2.75) is 44.2 Å². The van der Waals surface area contributed by atoms with Crippen LogP contribution in [-0.4, -0.2) is 52.4 Å². The maximum atomic E-state index is 13.3. The van der Waals surface area contributed by atoms with Crippen LogP contribution in [0, 0.1) is 11.8 Å². The van der Waals surface area contributed by atoms with Crippen LogP contribution in [0.15, 0.2) is 28.7 Å². The summed E-state index contributed by atoms with van der Waals surface area (Å²) in [5.74, 6) is -3.77. The van der Waals surface area contributed by atoms with E-state index in [-0.39, 0.29) is 31.8 Å². The third-order valence-electron chi connectivity index (χ3n) is 6.14. The van der Waals surface area contributed by atoms with Gasteiger partial charge in [0.15, 0.2) is 0 Å². The monoisotopic (exact) mass is 494 g/mol. The number of hydrogen-bond acceptors (Lipinski definition) is 5. The van der Waals surface area contributed by atoms with Crippen LogP contribution in [0.5, 0.6) is 0 Å². The van der Waals surface area contributed by atoms with E-state index in [0.29, 0.717) is 6.42 Å². The molecule has 10 heteroatoms. The van der Waals surface area contributed by atoms with E-state index in [1.807, 2.05) is 31.2 Å². The summed E-state index contributed by atoms with van der Waals surface area (Å²) in [5, 5.41) is 15.8. The van der Waals surface area contributed by atoms with Crippen LogP contribution >= 0.6 is 15.9 Å². The summed E-state index contributed by atoms with van der Waals surface area (Å²) < 4.78 is 0.853. The Morgan fingerprint density at radius 1 is 1.23 bits per heavy atom. The van der Waals surface area contributed by atoms with Crippen molar-refractivity contribution in [3.8, 4) is 0 Å². The van der Waals surface area contributed by atoms with Crippen LogP contribution in [-0.2, 0) is 14.4 Å². The fraction of sp³-hybridized carbons (Fsp3) is 0.524. The first-order valence-electron chi connectivity index (χ1n) is 10.4. The number of unbranched alkanes of at least 4 members (excludes halogenated alkanes) is 1. The van der Waals surface area contributed by atoms with Crippen molar-refractivity contribution in [2.24, 2.45) is 17.6 Å². The van der Waals surface area contributed by atoms with E-state index in [9.17, 15) is 24.3 Å². The molecular weight excluding hydrogens is 468 g/mol. The van der Waals surface area contributed by atoms with Gasteiger partial charge < -0.3 is 16.2 Å². The third-order valence-corrected chi connectivity index (χ3v) is 6.67. The molecule has 2 aliphatic rings. The van der Waals surface area contributed by atoms with E-state index in [4.69, 9.17) is 5.73 Å². The molecule has 0 radical (unpaired) electrons. The lowest BCUT2D eigenvalue weighted by Crippen LogP contribution is -2.56. The lowest BCUT2D eigenvalue weighted by atomic mass is 9.77. The van der Waals surface area contributed by atoms with E-state index in [1.54, 1.807) is 0 Å². The number of urea groups is 1. The Labute approximate surface area is 188 Å². The van der Waals surface area contributed by atoms with Gasteiger partial charge in [-0.05, 0) is 37.0 Å². The maximum Gasteiger partial charge on any atom is 0.324 e. The number of amides is 4. The number of halogens is 1. The van der Waals surface area contributed by atoms with E-state index >= 15 is 0 Å². The number of carboxylic acids is 1. The molecule has 4 amide bonds. The first-order chi connectivity index (χ1) is 14.7. The summed E-state index contributed by atoms with van der Waals surface area (Å²) in [6.45, 7) is 2.42. The number of benzene rings is 1. The zero-order chi connectivity index (χ0) is 22.8. The molecular formula is C21H27BrN4O5. The number of likely N-dealkylation sites (tertiary alicyclic amines) is 1. The van der Waals surface area contributed by atoms with Crippen molar-refractivity contribution in [3.05, 3.63) is 34.3 Å². The molecule has 9 nitrogen and oxygen atoms in total. The van der Waals surface area contributed by atoms with Gasteiger partial charge in [0.1, 0.15) is 5.54 Å². The summed E-state index contributed by atoms with van der Waals surface area (Å²) in [4.78, 5) is 51.3. The van der Waals surface area contributed by atoms with Gasteiger partial charge in [-0.25, -0.2) is 4.79 Å². The number of aliphatic carboxylic acids is 1. The number of rotatable bonds is 9. The molecule has 2 saturated heterocycles. The molecule has 0 spiro atoms. The molecule has 0 aliphatic carbocycles. The van der Waals surface area contributed by atoms with Crippen LogP contribution < -0.4 is 16.4 Å². The number of carbonyl (C=O) groups excluding carboxylic acids is 3. The van der Waals surface area contributed by atoms with Crippen molar-refractivity contribution in [3.63, 3.8) is 0 Å². The highest BCUT2D eigenvalue weighted by Crippen LogP contribution is 2.50. The Morgan fingerprint density at radius 2 is 1.90 bits per heavy atom. The van der Waals surface area contributed by atoms with Crippen LogP contribution in [0.3, 0.4) is 0 Å². The van der Waals surface area contributed by atoms with Crippen molar-refractivity contribution >= 4 is 39.7 Å². The van der Waals surface area contributed by atoms with Crippen LogP contribution in [0.2, 0.25) is 0 Å². The highest BCUT2D eigenvalue weighted by Gasteiger charge is 2.67. The minimum Gasteiger partial charge on any atom is -0.480 e. The average molecular weight is 495 g/mol. The molecule has 2 aliphatic heterocycles. The summed E-state index contributed by atoms with van der Waals surface area (Å²) in [6, 6.07) is 5.96. The number of nitrogens with one attached hydrogen (secondary N) is 2. The Bertz CT molecular complexity index is 877. The second-order valence-electron chi connectivity index (χ2n) is 8.03. The molecule has 5 N–H and O–H groups in total. The van der Waals surface area contributed by atoms with E-state index in [1.165, 1.54) is 4.90 Å². The highest BCUT2D eigenvalue weighted by molar-refractivity contribution is 9.10. The molecule has 2 fully saturated rings. The van der Waals surface area contributed by atoms with Crippen LogP contribution in [0.25, 0.3) is 0 Å². The van der Waals surface area contributed by atoms with Gasteiger partial charge in [-0.15, -0.1) is 0 Å².